The lowest BCUT2D eigenvalue weighted by atomic mass is 9.80. The lowest BCUT2D eigenvalue weighted by molar-refractivity contribution is -0.139. The summed E-state index contributed by atoms with van der Waals surface area (Å²) in [7, 11) is 0. The molecule has 1 aromatic heterocycles. The van der Waals surface area contributed by atoms with Gasteiger partial charge < -0.3 is 26.6 Å². The van der Waals surface area contributed by atoms with Crippen molar-refractivity contribution in [3.8, 4) is 0 Å². The highest BCUT2D eigenvalue weighted by atomic mass is 32.1. The molecule has 0 spiro atoms. The fraction of sp³-hybridized carbons (Fsp3) is 0.605. The van der Waals surface area contributed by atoms with Crippen LogP contribution in [0.1, 0.15) is 131 Å². The number of allylic oxidation sites excluding steroid dienone is 1. The minimum Gasteiger partial charge on any atom is -0.372 e. The van der Waals surface area contributed by atoms with E-state index in [0.717, 1.165) is 57.8 Å². The van der Waals surface area contributed by atoms with Crippen molar-refractivity contribution in [2.75, 3.05) is 13.1 Å². The van der Waals surface area contributed by atoms with E-state index in [1.54, 1.807) is 22.1 Å². The van der Waals surface area contributed by atoms with Crippen LogP contribution in [-0.4, -0.2) is 66.2 Å². The Balaban J connectivity index is 0.000000434. The Morgan fingerprint density at radius 1 is 0.907 bits per heavy atom. The van der Waals surface area contributed by atoms with Gasteiger partial charge in [-0.25, -0.2) is 0 Å². The molecule has 1 aliphatic heterocycles. The van der Waals surface area contributed by atoms with Gasteiger partial charge in [-0.15, -0.1) is 17.9 Å². The Morgan fingerprint density at radius 3 is 2.15 bits per heavy atom. The Hall–Kier alpha value is -3.99. The molecule has 2 aromatic rings. The van der Waals surface area contributed by atoms with Crippen LogP contribution in [0.25, 0.3) is 0 Å². The van der Waals surface area contributed by atoms with Crippen LogP contribution >= 0.6 is 11.3 Å². The summed E-state index contributed by atoms with van der Waals surface area (Å²) in [4.78, 5) is 63.3. The summed E-state index contributed by atoms with van der Waals surface area (Å²) >= 11 is 1.34. The number of benzene rings is 1. The van der Waals surface area contributed by atoms with Gasteiger partial charge in [0.05, 0.1) is 11.4 Å². The minimum absolute atomic E-state index is 0.0474. The van der Waals surface area contributed by atoms with Crippen LogP contribution in [0.4, 0.5) is 0 Å². The zero-order chi connectivity index (χ0) is 39.1. The normalized spacial score (nSPS) is 18.6. The van der Waals surface area contributed by atoms with E-state index in [0.29, 0.717) is 23.8 Å². The summed E-state index contributed by atoms with van der Waals surface area (Å²) in [5, 5.41) is 10.8. The Bertz CT molecular complexity index is 1420. The monoisotopic (exact) mass is 763 g/mol. The molecule has 3 atom stereocenters. The molecule has 54 heavy (non-hydrogen) atoms. The van der Waals surface area contributed by atoms with E-state index in [9.17, 15) is 19.2 Å². The highest BCUT2D eigenvalue weighted by molar-refractivity contribution is 7.12. The molecule has 3 fully saturated rings. The maximum Gasteiger partial charge on any atom is 0.262 e. The van der Waals surface area contributed by atoms with Crippen molar-refractivity contribution >= 4 is 41.4 Å². The molecule has 6 rings (SSSR count). The van der Waals surface area contributed by atoms with Gasteiger partial charge in [-0.3, -0.25) is 24.0 Å². The van der Waals surface area contributed by atoms with Gasteiger partial charge in [-0.2, -0.15) is 0 Å². The van der Waals surface area contributed by atoms with Crippen molar-refractivity contribution in [1.29, 1.82) is 0 Å². The van der Waals surface area contributed by atoms with E-state index in [1.165, 1.54) is 56.3 Å². The van der Waals surface area contributed by atoms with Crippen LogP contribution in [0.15, 0.2) is 54.4 Å². The zero-order valence-corrected chi connectivity index (χ0v) is 33.5. The van der Waals surface area contributed by atoms with Gasteiger partial charge in [0.1, 0.15) is 12.1 Å². The van der Waals surface area contributed by atoms with E-state index in [-0.39, 0.29) is 48.5 Å². The molecule has 1 saturated heterocycles. The summed E-state index contributed by atoms with van der Waals surface area (Å²) in [6.45, 7) is 8.40. The second-order valence-corrected chi connectivity index (χ2v) is 15.8. The lowest BCUT2D eigenvalue weighted by Gasteiger charge is -2.32. The van der Waals surface area contributed by atoms with Crippen LogP contribution in [0.5, 0.6) is 0 Å². The summed E-state index contributed by atoms with van der Waals surface area (Å²) < 4.78 is 0. The molecule has 5 amide bonds. The van der Waals surface area contributed by atoms with Gasteiger partial charge >= 0.3 is 0 Å². The SMILES string of the molecule is C=CCCC(CC1CCC1)NC(=O)C1CCCN1C(=O)CNC(=O)C(NC(=O)c1cccs1)C1CCCCC1.CCC.NC=O.c1ccc2c(c1)CCC2. The number of nitrogens with zero attached hydrogens (tertiary/aromatic N) is 1. The van der Waals surface area contributed by atoms with Crippen LogP contribution in [0.2, 0.25) is 0 Å². The average Bonchev–Trinajstić information content (AvgIpc) is 3.97. The Labute approximate surface area is 327 Å². The lowest BCUT2D eigenvalue weighted by Crippen LogP contribution is -2.54. The highest BCUT2D eigenvalue weighted by Crippen LogP contribution is 2.32. The van der Waals surface area contributed by atoms with Crippen molar-refractivity contribution in [2.24, 2.45) is 17.6 Å². The molecule has 5 N–H and O–H groups in total. The quantitative estimate of drug-likeness (QED) is 0.130. The number of hydrogen-bond donors (Lipinski definition) is 4. The molecule has 1 aromatic carbocycles. The maximum atomic E-state index is 13.3. The molecule has 298 valence electrons. The number of hydrogen-bond acceptors (Lipinski definition) is 6. The summed E-state index contributed by atoms with van der Waals surface area (Å²) in [6, 6.07) is 11.2. The Morgan fingerprint density at radius 2 is 1.57 bits per heavy atom. The number of aryl methyl sites for hydroxylation is 2. The second kappa shape index (κ2) is 25.2. The Kier molecular flexibility index (Phi) is 20.7. The molecular weight excluding hydrogens is 699 g/mol. The van der Waals surface area contributed by atoms with Gasteiger partial charge in [0, 0.05) is 12.6 Å². The first-order valence-electron chi connectivity index (χ1n) is 20.3. The summed E-state index contributed by atoms with van der Waals surface area (Å²) in [6.07, 6.45) is 20.1. The van der Waals surface area contributed by atoms with Crippen molar-refractivity contribution in [3.05, 3.63) is 70.4 Å². The molecule has 0 bridgehead atoms. The third kappa shape index (κ3) is 14.7. The second-order valence-electron chi connectivity index (χ2n) is 14.9. The first kappa shape index (κ1) is 44.4. The molecule has 11 heteroatoms. The van der Waals surface area contributed by atoms with Crippen LogP contribution < -0.4 is 21.7 Å². The van der Waals surface area contributed by atoms with Crippen molar-refractivity contribution in [2.45, 2.75) is 141 Å². The predicted molar refractivity (Wildman–Crippen MR) is 218 cm³/mol. The number of thiophene rings is 1. The fourth-order valence-corrected chi connectivity index (χ4v) is 8.33. The standard InChI is InChI=1S/C30H44N4O4S.C9H10.C3H8.CH3NO/c1-2-3-14-23(19-21-10-7-11-21)32-28(36)24-15-8-17-34(24)26(35)20-31-30(38)27(22-12-5-4-6-13-22)33-29(37)25-16-9-18-39-25;1-2-5-9-7-3-6-8(9)4-1;1-3-2;2-1-3/h2,9,16,18,21-24,27H,1,3-8,10-15,17,19-20H2,(H,31,38)(H,32,36)(H,33,37);1-2,4-5H,3,6-7H2;3H2,1-2H3;1H,(H2,2,3). The third-order valence-electron chi connectivity index (χ3n) is 10.6. The van der Waals surface area contributed by atoms with Crippen LogP contribution in [0.3, 0.4) is 0 Å². The van der Waals surface area contributed by atoms with Crippen molar-refractivity contribution in [3.63, 3.8) is 0 Å². The number of rotatable bonds is 13. The molecule has 3 unspecified atom stereocenters. The van der Waals surface area contributed by atoms with Crippen LogP contribution in [-0.2, 0) is 32.0 Å². The number of likely N-dealkylation sites (tertiary alicyclic amines) is 1. The summed E-state index contributed by atoms with van der Waals surface area (Å²) in [5.41, 5.74) is 7.30. The number of primary amides is 1. The van der Waals surface area contributed by atoms with Gasteiger partial charge in [0.15, 0.2) is 0 Å². The first-order valence-corrected chi connectivity index (χ1v) is 21.2. The third-order valence-corrected chi connectivity index (χ3v) is 11.5. The molecule has 10 nitrogen and oxygen atoms in total. The van der Waals surface area contributed by atoms with Crippen LogP contribution in [0, 0.1) is 11.8 Å². The largest absolute Gasteiger partial charge is 0.372 e. The van der Waals surface area contributed by atoms with E-state index in [1.807, 2.05) is 17.5 Å². The molecule has 2 saturated carbocycles. The minimum atomic E-state index is -0.678. The number of fused-ring (bicyclic) bond motifs is 1. The van der Waals surface area contributed by atoms with Crippen molar-refractivity contribution < 1.29 is 24.0 Å². The number of nitrogens with two attached hydrogens (primary N) is 1. The van der Waals surface area contributed by atoms with Gasteiger partial charge in [0.25, 0.3) is 5.91 Å². The van der Waals surface area contributed by atoms with E-state index < -0.39 is 12.1 Å². The average molecular weight is 764 g/mol. The fourth-order valence-electron chi connectivity index (χ4n) is 7.71. The molecule has 0 radical (unpaired) electrons. The van der Waals surface area contributed by atoms with Crippen molar-refractivity contribution in [1.82, 2.24) is 20.9 Å². The van der Waals surface area contributed by atoms with Gasteiger partial charge in [-0.05, 0) is 98.6 Å². The molecular formula is C43H65N5O5S. The highest BCUT2D eigenvalue weighted by Gasteiger charge is 2.36. The van der Waals surface area contributed by atoms with E-state index in [4.69, 9.17) is 4.79 Å². The molecule has 3 aliphatic carbocycles. The predicted octanol–water partition coefficient (Wildman–Crippen LogP) is 6.87. The number of amides is 5. The maximum absolute atomic E-state index is 13.3. The number of carbonyl (C=O) groups excluding carboxylic acids is 5. The van der Waals surface area contributed by atoms with Gasteiger partial charge in [0.2, 0.25) is 24.1 Å². The van der Waals surface area contributed by atoms with E-state index in [2.05, 4.69) is 66.4 Å². The molecule has 2 heterocycles. The van der Waals surface area contributed by atoms with Gasteiger partial charge in [-0.1, -0.05) is 95.2 Å². The number of nitrogens with one attached hydrogen (secondary N) is 3. The zero-order valence-electron chi connectivity index (χ0n) is 32.7. The first-order chi connectivity index (χ1) is 26.3. The molecule has 4 aliphatic rings. The van der Waals surface area contributed by atoms with E-state index >= 15 is 0 Å². The summed E-state index contributed by atoms with van der Waals surface area (Å²) in [5.74, 6) is -0.213. The smallest absolute Gasteiger partial charge is 0.262 e. The topological polar surface area (TPSA) is 151 Å². The number of carbonyl (C=O) groups is 5.